The van der Waals surface area contributed by atoms with Crippen molar-refractivity contribution in [3.05, 3.63) is 51.2 Å². The van der Waals surface area contributed by atoms with Crippen LogP contribution in [0, 0.1) is 12.7 Å². The molecule has 0 amide bonds. The van der Waals surface area contributed by atoms with Crippen LogP contribution in [0.1, 0.15) is 5.56 Å². The molecule has 0 saturated heterocycles. The van der Waals surface area contributed by atoms with Crippen LogP contribution in [0.15, 0.2) is 34.8 Å². The van der Waals surface area contributed by atoms with E-state index < -0.39 is 5.82 Å². The number of hydrogen-bond donors (Lipinski definition) is 1. The minimum atomic E-state index is -0.442. The van der Waals surface area contributed by atoms with Gasteiger partial charge in [-0.05, 0) is 46.6 Å². The molecule has 0 aliphatic rings. The lowest BCUT2D eigenvalue weighted by molar-refractivity contribution is 0.478. The standard InChI is InChI=1S/C13H10BrClFNO/c1-7-2-3-9(15)12(4-7)18-13-6-10(16)8(14)5-11(13)17/h2-6H,17H2,1H3. The van der Waals surface area contributed by atoms with Crippen molar-refractivity contribution in [3.63, 3.8) is 0 Å². The molecular weight excluding hydrogens is 321 g/mol. The lowest BCUT2D eigenvalue weighted by Gasteiger charge is -2.11. The van der Waals surface area contributed by atoms with E-state index in [0.29, 0.717) is 20.9 Å². The first-order valence-electron chi connectivity index (χ1n) is 5.16. The first kappa shape index (κ1) is 13.2. The predicted molar refractivity (Wildman–Crippen MR) is 74.8 cm³/mol. The summed E-state index contributed by atoms with van der Waals surface area (Å²) in [6.45, 7) is 1.91. The molecule has 0 saturated carbocycles. The summed E-state index contributed by atoms with van der Waals surface area (Å²) >= 11 is 9.06. The van der Waals surface area contributed by atoms with Gasteiger partial charge in [-0.3, -0.25) is 0 Å². The summed E-state index contributed by atoms with van der Waals surface area (Å²) < 4.78 is 19.3. The van der Waals surface area contributed by atoms with Crippen molar-refractivity contribution >= 4 is 33.2 Å². The molecule has 0 bridgehead atoms. The van der Waals surface area contributed by atoms with E-state index in [1.807, 2.05) is 13.0 Å². The summed E-state index contributed by atoms with van der Waals surface area (Å²) in [6, 6.07) is 8.02. The SMILES string of the molecule is Cc1ccc(Cl)c(Oc2cc(F)c(Br)cc2N)c1. The Balaban J connectivity index is 2.40. The Morgan fingerprint density at radius 3 is 2.67 bits per heavy atom. The van der Waals surface area contributed by atoms with Crippen LogP contribution in [0.5, 0.6) is 11.5 Å². The lowest BCUT2D eigenvalue weighted by Crippen LogP contribution is -1.94. The van der Waals surface area contributed by atoms with Gasteiger partial charge in [-0.15, -0.1) is 0 Å². The van der Waals surface area contributed by atoms with E-state index in [0.717, 1.165) is 5.56 Å². The number of halogens is 3. The van der Waals surface area contributed by atoms with Crippen LogP contribution < -0.4 is 10.5 Å². The summed E-state index contributed by atoms with van der Waals surface area (Å²) in [5, 5.41) is 0.448. The molecule has 0 unspecified atom stereocenters. The molecule has 2 N–H and O–H groups in total. The minimum absolute atomic E-state index is 0.239. The maximum Gasteiger partial charge on any atom is 0.153 e. The second kappa shape index (κ2) is 5.16. The molecule has 0 atom stereocenters. The molecule has 94 valence electrons. The van der Waals surface area contributed by atoms with Crippen LogP contribution in [0.4, 0.5) is 10.1 Å². The largest absolute Gasteiger partial charge is 0.454 e. The second-order valence-corrected chi connectivity index (χ2v) is 5.10. The minimum Gasteiger partial charge on any atom is -0.454 e. The fourth-order valence-electron chi connectivity index (χ4n) is 1.44. The third-order valence-electron chi connectivity index (χ3n) is 2.36. The third-order valence-corrected chi connectivity index (χ3v) is 3.28. The number of nitrogens with two attached hydrogens (primary N) is 1. The number of ether oxygens (including phenoxy) is 1. The number of anilines is 1. The van der Waals surface area contributed by atoms with E-state index in [9.17, 15) is 4.39 Å². The first-order chi connectivity index (χ1) is 8.47. The second-order valence-electron chi connectivity index (χ2n) is 3.84. The van der Waals surface area contributed by atoms with Crippen molar-refractivity contribution in [3.8, 4) is 11.5 Å². The van der Waals surface area contributed by atoms with E-state index in [2.05, 4.69) is 15.9 Å². The monoisotopic (exact) mass is 329 g/mol. The normalized spacial score (nSPS) is 10.4. The van der Waals surface area contributed by atoms with Crippen molar-refractivity contribution in [2.24, 2.45) is 0 Å². The van der Waals surface area contributed by atoms with Gasteiger partial charge >= 0.3 is 0 Å². The van der Waals surface area contributed by atoms with Crippen molar-refractivity contribution in [2.75, 3.05) is 5.73 Å². The van der Waals surface area contributed by atoms with Gasteiger partial charge in [0.05, 0.1) is 15.2 Å². The van der Waals surface area contributed by atoms with E-state index in [4.69, 9.17) is 22.1 Å². The quantitative estimate of drug-likeness (QED) is 0.793. The van der Waals surface area contributed by atoms with Gasteiger partial charge in [-0.25, -0.2) is 4.39 Å². The summed E-state index contributed by atoms with van der Waals surface area (Å²) in [5.41, 5.74) is 7.09. The van der Waals surface area contributed by atoms with Crippen molar-refractivity contribution in [1.29, 1.82) is 0 Å². The zero-order chi connectivity index (χ0) is 13.3. The zero-order valence-corrected chi connectivity index (χ0v) is 11.8. The van der Waals surface area contributed by atoms with Gasteiger partial charge in [0.25, 0.3) is 0 Å². The molecule has 0 aliphatic heterocycles. The molecule has 2 nitrogen and oxygen atoms in total. The van der Waals surface area contributed by atoms with E-state index in [-0.39, 0.29) is 5.75 Å². The van der Waals surface area contributed by atoms with E-state index in [1.165, 1.54) is 12.1 Å². The highest BCUT2D eigenvalue weighted by atomic mass is 79.9. The molecule has 0 radical (unpaired) electrons. The maximum absolute atomic E-state index is 13.4. The maximum atomic E-state index is 13.4. The molecule has 0 aromatic heterocycles. The van der Waals surface area contributed by atoms with Crippen molar-refractivity contribution in [1.82, 2.24) is 0 Å². The molecule has 18 heavy (non-hydrogen) atoms. The molecule has 2 rings (SSSR count). The molecular formula is C13H10BrClFNO. The molecule has 0 heterocycles. The van der Waals surface area contributed by atoms with Gasteiger partial charge in [0.1, 0.15) is 11.6 Å². The summed E-state index contributed by atoms with van der Waals surface area (Å²) in [7, 11) is 0. The Morgan fingerprint density at radius 2 is 1.94 bits per heavy atom. The molecule has 2 aromatic carbocycles. The fraction of sp³-hybridized carbons (Fsp3) is 0.0769. The van der Waals surface area contributed by atoms with Crippen LogP contribution in [0.2, 0.25) is 5.02 Å². The molecule has 0 spiro atoms. The Bertz CT molecular complexity index is 604. The number of hydrogen-bond acceptors (Lipinski definition) is 2. The first-order valence-corrected chi connectivity index (χ1v) is 6.33. The summed E-state index contributed by atoms with van der Waals surface area (Å²) in [6.07, 6.45) is 0. The Morgan fingerprint density at radius 1 is 1.22 bits per heavy atom. The van der Waals surface area contributed by atoms with Gasteiger partial charge in [0.15, 0.2) is 5.75 Å². The van der Waals surface area contributed by atoms with Crippen LogP contribution >= 0.6 is 27.5 Å². The number of aryl methyl sites for hydroxylation is 1. The highest BCUT2D eigenvalue weighted by Gasteiger charge is 2.10. The summed E-state index contributed by atoms with van der Waals surface area (Å²) in [5.74, 6) is 0.247. The molecule has 5 heteroatoms. The van der Waals surface area contributed by atoms with Crippen LogP contribution in [-0.2, 0) is 0 Å². The smallest absolute Gasteiger partial charge is 0.153 e. The average molecular weight is 331 g/mol. The number of benzene rings is 2. The fourth-order valence-corrected chi connectivity index (χ4v) is 1.96. The predicted octanol–water partition coefficient (Wildman–Crippen LogP) is 4.92. The van der Waals surface area contributed by atoms with E-state index >= 15 is 0 Å². The van der Waals surface area contributed by atoms with E-state index in [1.54, 1.807) is 12.1 Å². The Kier molecular flexibility index (Phi) is 3.78. The van der Waals surface area contributed by atoms with Crippen LogP contribution in [0.3, 0.4) is 0 Å². The Hall–Kier alpha value is -1.26. The number of rotatable bonds is 2. The highest BCUT2D eigenvalue weighted by molar-refractivity contribution is 9.10. The van der Waals surface area contributed by atoms with Crippen LogP contribution in [-0.4, -0.2) is 0 Å². The Labute approximate surface area is 118 Å². The third kappa shape index (κ3) is 2.76. The van der Waals surface area contributed by atoms with Crippen molar-refractivity contribution < 1.29 is 9.13 Å². The van der Waals surface area contributed by atoms with Crippen molar-refractivity contribution in [2.45, 2.75) is 6.92 Å². The highest BCUT2D eigenvalue weighted by Crippen LogP contribution is 2.35. The van der Waals surface area contributed by atoms with Gasteiger partial charge in [0.2, 0.25) is 0 Å². The molecule has 0 fully saturated rings. The topological polar surface area (TPSA) is 35.2 Å². The van der Waals surface area contributed by atoms with Gasteiger partial charge < -0.3 is 10.5 Å². The summed E-state index contributed by atoms with van der Waals surface area (Å²) in [4.78, 5) is 0. The average Bonchev–Trinajstić information content (AvgIpc) is 2.30. The zero-order valence-electron chi connectivity index (χ0n) is 9.51. The van der Waals surface area contributed by atoms with Crippen LogP contribution in [0.25, 0.3) is 0 Å². The van der Waals surface area contributed by atoms with Gasteiger partial charge in [-0.2, -0.15) is 0 Å². The molecule has 2 aromatic rings. The molecule has 0 aliphatic carbocycles. The van der Waals surface area contributed by atoms with Gasteiger partial charge in [0, 0.05) is 6.07 Å². The lowest BCUT2D eigenvalue weighted by atomic mass is 10.2. The number of nitrogen functional groups attached to an aromatic ring is 1. The van der Waals surface area contributed by atoms with Gasteiger partial charge in [-0.1, -0.05) is 17.7 Å².